The molecule has 174 valence electrons. The number of hydrogen-bond donors (Lipinski definition) is 2. The highest BCUT2D eigenvalue weighted by atomic mass is 19.3. The van der Waals surface area contributed by atoms with E-state index in [1.54, 1.807) is 6.07 Å². The quantitative estimate of drug-likeness (QED) is 0.661. The number of ether oxygens (including phenoxy) is 3. The van der Waals surface area contributed by atoms with Crippen molar-refractivity contribution in [1.29, 1.82) is 0 Å². The number of aromatic nitrogens is 2. The van der Waals surface area contributed by atoms with Gasteiger partial charge in [0.15, 0.2) is 12.6 Å². The molecule has 1 spiro atoms. The Balaban J connectivity index is 0.000000354. The molecule has 1 aromatic heterocycles. The molecule has 0 radical (unpaired) electrons. The van der Waals surface area contributed by atoms with E-state index in [-0.39, 0.29) is 29.8 Å². The molecule has 9 heteroatoms. The van der Waals surface area contributed by atoms with Crippen LogP contribution in [0.25, 0.3) is 11.3 Å². The largest absolute Gasteiger partial charge is 0.467 e. The number of alkyl halides is 2. The molecule has 0 saturated heterocycles. The van der Waals surface area contributed by atoms with Gasteiger partial charge in [0.05, 0.1) is 18.3 Å². The number of nitrogens with zero attached hydrogens (tertiary/aromatic N) is 2. The maximum Gasteiger partial charge on any atom is 0.263 e. The van der Waals surface area contributed by atoms with Crippen LogP contribution < -0.4 is 10.5 Å². The predicted molar refractivity (Wildman–Crippen MR) is 114 cm³/mol. The lowest BCUT2D eigenvalue weighted by Crippen LogP contribution is -2.26. The molecular weight excluding hydrogens is 420 g/mol. The van der Waals surface area contributed by atoms with Gasteiger partial charge in [0.1, 0.15) is 11.4 Å². The van der Waals surface area contributed by atoms with Crippen LogP contribution in [0.3, 0.4) is 0 Å². The van der Waals surface area contributed by atoms with E-state index in [1.165, 1.54) is 32.1 Å². The van der Waals surface area contributed by atoms with Gasteiger partial charge in [0.2, 0.25) is 0 Å². The Kier molecular flexibility index (Phi) is 6.88. The molecule has 0 atom stereocenters. The normalized spacial score (nSPS) is 18.9. The van der Waals surface area contributed by atoms with Crippen LogP contribution in [0.2, 0.25) is 0 Å². The van der Waals surface area contributed by atoms with Crippen LogP contribution in [-0.2, 0) is 22.5 Å². The molecule has 7 nitrogen and oxygen atoms in total. The SMILES string of the molecule is COCOc1cc(C(F)F)ccc1-c1nnc(N)c2c1CC1(CC1)OC2.OC1CCCC1. The summed E-state index contributed by atoms with van der Waals surface area (Å²) in [6, 6.07) is 4.27. The molecule has 0 unspecified atom stereocenters. The maximum absolute atomic E-state index is 13.1. The van der Waals surface area contributed by atoms with E-state index < -0.39 is 6.43 Å². The average Bonchev–Trinajstić information content (AvgIpc) is 3.35. The number of methoxy groups -OCH3 is 1. The first-order valence-corrected chi connectivity index (χ1v) is 10.9. The van der Waals surface area contributed by atoms with Gasteiger partial charge in [-0.2, -0.15) is 0 Å². The molecule has 0 amide bonds. The number of halogens is 2. The lowest BCUT2D eigenvalue weighted by molar-refractivity contribution is 0.00836. The van der Waals surface area contributed by atoms with Crippen LogP contribution in [0.1, 0.15) is 61.6 Å². The molecule has 2 saturated carbocycles. The standard InChI is InChI=1S/C18H19F2N3O3.C5H10O/c1-24-9-25-14-6-10(16(19)20)2-3-11(14)15-12-7-18(4-5-18)26-8-13(12)17(21)23-22-15;6-5-3-1-2-4-5/h2-3,6,16H,4-5,7-9H2,1H3,(H2,21,23);5-6H,1-4H2. The number of aliphatic hydroxyl groups excluding tert-OH is 1. The second-order valence-corrected chi connectivity index (χ2v) is 8.58. The highest BCUT2D eigenvalue weighted by Crippen LogP contribution is 2.49. The summed E-state index contributed by atoms with van der Waals surface area (Å²) in [6.45, 7) is 0.324. The number of nitrogen functional groups attached to an aromatic ring is 1. The van der Waals surface area contributed by atoms with Crippen molar-refractivity contribution in [2.45, 2.75) is 69.7 Å². The van der Waals surface area contributed by atoms with Gasteiger partial charge in [-0.05, 0) is 43.4 Å². The van der Waals surface area contributed by atoms with Gasteiger partial charge in [-0.15, -0.1) is 10.2 Å². The Hall–Kier alpha value is -2.36. The van der Waals surface area contributed by atoms with Crippen molar-refractivity contribution in [2.24, 2.45) is 0 Å². The minimum absolute atomic E-state index is 0.0463. The number of rotatable bonds is 5. The second-order valence-electron chi connectivity index (χ2n) is 8.58. The Morgan fingerprint density at radius 3 is 2.56 bits per heavy atom. The van der Waals surface area contributed by atoms with Crippen molar-refractivity contribution in [2.75, 3.05) is 19.6 Å². The predicted octanol–water partition coefficient (Wildman–Crippen LogP) is 4.17. The zero-order valence-corrected chi connectivity index (χ0v) is 18.2. The van der Waals surface area contributed by atoms with Crippen molar-refractivity contribution >= 4 is 5.82 Å². The lowest BCUT2D eigenvalue weighted by atomic mass is 9.93. The van der Waals surface area contributed by atoms with Crippen molar-refractivity contribution in [3.05, 3.63) is 34.9 Å². The van der Waals surface area contributed by atoms with Crippen molar-refractivity contribution in [3.8, 4) is 17.0 Å². The molecule has 3 aliphatic rings. The fraction of sp³-hybridized carbons (Fsp3) is 0.565. The topological polar surface area (TPSA) is 99.7 Å². The van der Waals surface area contributed by atoms with Gasteiger partial charge in [-0.25, -0.2) is 8.78 Å². The first-order valence-electron chi connectivity index (χ1n) is 10.9. The first-order chi connectivity index (χ1) is 15.4. The molecule has 2 aromatic rings. The molecular formula is C23H29F2N3O4. The Bertz CT molecular complexity index is 947. The molecule has 2 heterocycles. The van der Waals surface area contributed by atoms with Crippen LogP contribution in [0.5, 0.6) is 5.75 Å². The van der Waals surface area contributed by atoms with Crippen LogP contribution in [0.4, 0.5) is 14.6 Å². The van der Waals surface area contributed by atoms with Crippen LogP contribution in [0, 0.1) is 0 Å². The fourth-order valence-electron chi connectivity index (χ4n) is 4.17. The Morgan fingerprint density at radius 2 is 1.97 bits per heavy atom. The van der Waals surface area contributed by atoms with Gasteiger partial charge in [-0.1, -0.05) is 18.9 Å². The molecule has 0 bridgehead atoms. The zero-order chi connectivity index (χ0) is 22.7. The number of hydrogen-bond acceptors (Lipinski definition) is 7. The van der Waals surface area contributed by atoms with Gasteiger partial charge >= 0.3 is 0 Å². The summed E-state index contributed by atoms with van der Waals surface area (Å²) < 4.78 is 42.6. The van der Waals surface area contributed by atoms with Crippen molar-refractivity contribution in [3.63, 3.8) is 0 Å². The number of anilines is 1. The summed E-state index contributed by atoms with van der Waals surface area (Å²) in [5.74, 6) is 0.616. The molecule has 5 rings (SSSR count). The molecule has 2 aliphatic carbocycles. The zero-order valence-electron chi connectivity index (χ0n) is 18.2. The average molecular weight is 449 g/mol. The first kappa shape index (κ1) is 22.8. The van der Waals surface area contributed by atoms with E-state index in [0.29, 0.717) is 30.1 Å². The third kappa shape index (κ3) is 5.00. The van der Waals surface area contributed by atoms with E-state index in [9.17, 15) is 8.78 Å². The van der Waals surface area contributed by atoms with E-state index >= 15 is 0 Å². The van der Waals surface area contributed by atoms with Gasteiger partial charge in [-0.3, -0.25) is 0 Å². The van der Waals surface area contributed by atoms with Gasteiger partial charge < -0.3 is 25.1 Å². The van der Waals surface area contributed by atoms with Crippen LogP contribution >= 0.6 is 0 Å². The minimum atomic E-state index is -2.59. The van der Waals surface area contributed by atoms with E-state index in [4.69, 9.17) is 25.1 Å². The molecule has 2 fully saturated rings. The third-order valence-corrected chi connectivity index (χ3v) is 6.22. The van der Waals surface area contributed by atoms with Crippen molar-refractivity contribution in [1.82, 2.24) is 10.2 Å². The molecule has 1 aliphatic heterocycles. The van der Waals surface area contributed by atoms with E-state index in [0.717, 1.165) is 36.8 Å². The highest BCUT2D eigenvalue weighted by molar-refractivity contribution is 5.73. The number of nitrogens with two attached hydrogens (primary N) is 1. The number of aliphatic hydroxyl groups is 1. The third-order valence-electron chi connectivity index (χ3n) is 6.22. The van der Waals surface area contributed by atoms with Gasteiger partial charge in [0.25, 0.3) is 6.43 Å². The monoisotopic (exact) mass is 449 g/mol. The van der Waals surface area contributed by atoms with Crippen molar-refractivity contribution < 1.29 is 28.1 Å². The Morgan fingerprint density at radius 1 is 1.22 bits per heavy atom. The Labute approximate surface area is 185 Å². The summed E-state index contributed by atoms with van der Waals surface area (Å²) in [7, 11) is 1.47. The highest BCUT2D eigenvalue weighted by Gasteiger charge is 2.48. The number of fused-ring (bicyclic) bond motifs is 1. The summed E-state index contributed by atoms with van der Waals surface area (Å²) in [6.07, 6.45) is 4.67. The van der Waals surface area contributed by atoms with Crippen LogP contribution in [-0.4, -0.2) is 40.9 Å². The minimum Gasteiger partial charge on any atom is -0.467 e. The summed E-state index contributed by atoms with van der Waals surface area (Å²) in [5.41, 5.74) is 8.65. The van der Waals surface area contributed by atoms with Gasteiger partial charge in [0, 0.05) is 30.2 Å². The second kappa shape index (κ2) is 9.64. The summed E-state index contributed by atoms with van der Waals surface area (Å²) in [5, 5.41) is 17.0. The maximum atomic E-state index is 13.1. The summed E-state index contributed by atoms with van der Waals surface area (Å²) in [4.78, 5) is 0. The molecule has 3 N–H and O–H groups in total. The lowest BCUT2D eigenvalue weighted by Gasteiger charge is -2.27. The van der Waals surface area contributed by atoms with Crippen LogP contribution in [0.15, 0.2) is 18.2 Å². The smallest absolute Gasteiger partial charge is 0.263 e. The van der Waals surface area contributed by atoms with E-state index in [2.05, 4.69) is 10.2 Å². The molecule has 1 aromatic carbocycles. The van der Waals surface area contributed by atoms with E-state index in [1.807, 2.05) is 0 Å². The fourth-order valence-corrected chi connectivity index (χ4v) is 4.17. The molecule has 32 heavy (non-hydrogen) atoms. The number of benzene rings is 1. The summed E-state index contributed by atoms with van der Waals surface area (Å²) >= 11 is 0.